The lowest BCUT2D eigenvalue weighted by Crippen LogP contribution is -2.50. The van der Waals surface area contributed by atoms with Crippen LogP contribution < -0.4 is 0 Å². The number of amides is 2. The number of fused-ring (bicyclic) bond motifs is 1. The number of hydrogen-bond donors (Lipinski definition) is 0. The molecule has 0 N–H and O–H groups in total. The molecule has 0 spiro atoms. The molecular weight excluding hydrogens is 355 g/mol. The van der Waals surface area contributed by atoms with Crippen LogP contribution in [-0.2, 0) is 4.79 Å². The van der Waals surface area contributed by atoms with Crippen LogP contribution >= 0.6 is 11.3 Å². The summed E-state index contributed by atoms with van der Waals surface area (Å²) in [5.74, 6) is -0.354. The van der Waals surface area contributed by atoms with Crippen molar-refractivity contribution in [2.45, 2.75) is 6.92 Å². The molecule has 1 saturated heterocycles. The molecule has 0 radical (unpaired) electrons. The molecule has 0 atom stereocenters. The van der Waals surface area contributed by atoms with Crippen LogP contribution in [0.4, 0.5) is 4.39 Å². The Morgan fingerprint density at radius 3 is 2.31 bits per heavy atom. The van der Waals surface area contributed by atoms with Crippen LogP contribution in [0.3, 0.4) is 0 Å². The zero-order chi connectivity index (χ0) is 18.3. The van der Waals surface area contributed by atoms with Crippen LogP contribution in [0, 0.1) is 5.82 Å². The molecule has 2 amide bonds. The number of benzene rings is 1. The van der Waals surface area contributed by atoms with E-state index in [1.807, 2.05) is 10.6 Å². The summed E-state index contributed by atoms with van der Waals surface area (Å²) in [5.41, 5.74) is 1.31. The van der Waals surface area contributed by atoms with Gasteiger partial charge in [-0.25, -0.2) is 9.37 Å². The lowest BCUT2D eigenvalue weighted by molar-refractivity contribution is -0.130. The molecule has 1 aliphatic rings. The second-order valence-corrected chi connectivity index (χ2v) is 7.23. The number of halogens is 1. The van der Waals surface area contributed by atoms with E-state index in [0.717, 1.165) is 15.4 Å². The van der Waals surface area contributed by atoms with Crippen molar-refractivity contribution in [1.82, 2.24) is 19.2 Å². The van der Waals surface area contributed by atoms with Crippen molar-refractivity contribution >= 4 is 28.1 Å². The minimum atomic E-state index is -0.271. The van der Waals surface area contributed by atoms with Gasteiger partial charge in [-0.2, -0.15) is 0 Å². The molecule has 3 heterocycles. The third-order valence-electron chi connectivity index (χ3n) is 4.52. The van der Waals surface area contributed by atoms with Gasteiger partial charge in [0, 0.05) is 45.5 Å². The van der Waals surface area contributed by atoms with Crippen molar-refractivity contribution in [3.8, 4) is 10.4 Å². The number of imidazole rings is 1. The average Bonchev–Trinajstić information content (AvgIpc) is 3.21. The molecule has 1 aromatic carbocycles. The summed E-state index contributed by atoms with van der Waals surface area (Å²) < 4.78 is 14.9. The number of hydrogen-bond acceptors (Lipinski definition) is 4. The predicted molar refractivity (Wildman–Crippen MR) is 96.6 cm³/mol. The Labute approximate surface area is 153 Å². The zero-order valence-corrected chi connectivity index (χ0v) is 15.0. The zero-order valence-electron chi connectivity index (χ0n) is 14.2. The number of aromatic nitrogens is 2. The lowest BCUT2D eigenvalue weighted by atomic mass is 10.2. The van der Waals surface area contributed by atoms with E-state index >= 15 is 0 Å². The molecule has 3 aromatic rings. The van der Waals surface area contributed by atoms with E-state index in [1.54, 1.807) is 35.1 Å². The molecule has 134 valence electrons. The maximum Gasteiger partial charge on any atom is 0.274 e. The van der Waals surface area contributed by atoms with Gasteiger partial charge in [-0.3, -0.25) is 14.0 Å². The third-order valence-corrected chi connectivity index (χ3v) is 5.56. The van der Waals surface area contributed by atoms with Crippen molar-refractivity contribution in [3.05, 3.63) is 48.2 Å². The molecule has 8 heteroatoms. The Kier molecular flexibility index (Phi) is 4.20. The molecular formula is C18H17FN4O2S. The van der Waals surface area contributed by atoms with Gasteiger partial charge < -0.3 is 9.80 Å². The maximum absolute atomic E-state index is 13.1. The van der Waals surface area contributed by atoms with Crippen LogP contribution in [0.1, 0.15) is 17.4 Å². The topological polar surface area (TPSA) is 57.9 Å². The normalized spacial score (nSPS) is 14.8. The van der Waals surface area contributed by atoms with Gasteiger partial charge in [0.15, 0.2) is 4.96 Å². The summed E-state index contributed by atoms with van der Waals surface area (Å²) in [6.07, 6.45) is 3.61. The highest BCUT2D eigenvalue weighted by Gasteiger charge is 2.25. The number of carbonyl (C=O) groups is 2. The van der Waals surface area contributed by atoms with E-state index < -0.39 is 0 Å². The van der Waals surface area contributed by atoms with Crippen molar-refractivity contribution in [2.24, 2.45) is 0 Å². The van der Waals surface area contributed by atoms with E-state index in [-0.39, 0.29) is 17.6 Å². The number of nitrogens with zero attached hydrogens (tertiary/aromatic N) is 4. The van der Waals surface area contributed by atoms with Gasteiger partial charge in [0.1, 0.15) is 11.5 Å². The van der Waals surface area contributed by atoms with E-state index in [1.165, 1.54) is 23.5 Å². The highest BCUT2D eigenvalue weighted by atomic mass is 32.1. The number of piperazine rings is 1. The van der Waals surface area contributed by atoms with E-state index in [0.29, 0.717) is 31.9 Å². The largest absolute Gasteiger partial charge is 0.339 e. The summed E-state index contributed by atoms with van der Waals surface area (Å²) in [5, 5.41) is 0. The minimum absolute atomic E-state index is 0.0351. The first-order chi connectivity index (χ1) is 12.5. The second-order valence-electron chi connectivity index (χ2n) is 6.22. The Balaban J connectivity index is 1.51. The summed E-state index contributed by atoms with van der Waals surface area (Å²) >= 11 is 1.45. The molecule has 6 nitrogen and oxygen atoms in total. The first kappa shape index (κ1) is 16.7. The van der Waals surface area contributed by atoms with Crippen molar-refractivity contribution in [1.29, 1.82) is 0 Å². The van der Waals surface area contributed by atoms with Gasteiger partial charge in [0.05, 0.1) is 4.88 Å². The Morgan fingerprint density at radius 1 is 1.04 bits per heavy atom. The number of thiazole rings is 1. The Bertz CT molecular complexity index is 939. The molecule has 0 bridgehead atoms. The summed E-state index contributed by atoms with van der Waals surface area (Å²) in [4.78, 5) is 33.6. The molecule has 0 unspecified atom stereocenters. The second kappa shape index (κ2) is 6.53. The van der Waals surface area contributed by atoms with Gasteiger partial charge in [0.2, 0.25) is 5.91 Å². The SMILES string of the molecule is CC(=O)N1CCN(C(=O)c2cn3cc(-c4ccc(F)cc4)sc3n2)CC1. The van der Waals surface area contributed by atoms with Crippen LogP contribution in [0.2, 0.25) is 0 Å². The van der Waals surface area contributed by atoms with Gasteiger partial charge in [-0.05, 0) is 17.7 Å². The molecule has 26 heavy (non-hydrogen) atoms. The van der Waals surface area contributed by atoms with E-state index in [9.17, 15) is 14.0 Å². The van der Waals surface area contributed by atoms with Crippen LogP contribution in [0.5, 0.6) is 0 Å². The smallest absolute Gasteiger partial charge is 0.274 e. The van der Waals surface area contributed by atoms with Crippen LogP contribution in [-0.4, -0.2) is 57.2 Å². The fraction of sp³-hybridized carbons (Fsp3) is 0.278. The van der Waals surface area contributed by atoms with Gasteiger partial charge in [-0.1, -0.05) is 23.5 Å². The number of carbonyl (C=O) groups excluding carboxylic acids is 2. The predicted octanol–water partition coefficient (Wildman–Crippen LogP) is 2.51. The van der Waals surface area contributed by atoms with Crippen molar-refractivity contribution in [3.63, 3.8) is 0 Å². The van der Waals surface area contributed by atoms with Gasteiger partial charge in [-0.15, -0.1) is 0 Å². The number of rotatable bonds is 2. The Hall–Kier alpha value is -2.74. The van der Waals surface area contributed by atoms with Gasteiger partial charge >= 0.3 is 0 Å². The van der Waals surface area contributed by atoms with E-state index in [2.05, 4.69) is 4.98 Å². The Morgan fingerprint density at radius 2 is 1.69 bits per heavy atom. The van der Waals surface area contributed by atoms with Crippen molar-refractivity contribution < 1.29 is 14.0 Å². The monoisotopic (exact) mass is 372 g/mol. The lowest BCUT2D eigenvalue weighted by Gasteiger charge is -2.33. The molecule has 0 saturated carbocycles. The summed E-state index contributed by atoms with van der Waals surface area (Å²) in [6, 6.07) is 6.29. The van der Waals surface area contributed by atoms with Crippen LogP contribution in [0.25, 0.3) is 15.4 Å². The first-order valence-electron chi connectivity index (χ1n) is 8.30. The molecule has 1 aliphatic heterocycles. The minimum Gasteiger partial charge on any atom is -0.339 e. The van der Waals surface area contributed by atoms with Crippen molar-refractivity contribution in [2.75, 3.05) is 26.2 Å². The summed E-state index contributed by atoms with van der Waals surface area (Å²) in [7, 11) is 0. The average molecular weight is 372 g/mol. The van der Waals surface area contributed by atoms with Crippen LogP contribution in [0.15, 0.2) is 36.7 Å². The molecule has 4 rings (SSSR count). The standard InChI is InChI=1S/C18H17FN4O2S/c1-12(24)21-6-8-22(9-7-21)17(25)15-10-23-11-16(26-18(23)20-15)13-2-4-14(19)5-3-13/h2-5,10-11H,6-9H2,1H3. The first-order valence-corrected chi connectivity index (χ1v) is 9.12. The fourth-order valence-electron chi connectivity index (χ4n) is 3.03. The molecule has 2 aromatic heterocycles. The van der Waals surface area contributed by atoms with E-state index in [4.69, 9.17) is 0 Å². The molecule has 0 aliphatic carbocycles. The fourth-order valence-corrected chi connectivity index (χ4v) is 4.00. The molecule has 1 fully saturated rings. The highest BCUT2D eigenvalue weighted by molar-refractivity contribution is 7.20. The highest BCUT2D eigenvalue weighted by Crippen LogP contribution is 2.28. The maximum atomic E-state index is 13.1. The quantitative estimate of drug-likeness (QED) is 0.695. The third kappa shape index (κ3) is 3.08. The summed E-state index contributed by atoms with van der Waals surface area (Å²) in [6.45, 7) is 3.69. The van der Waals surface area contributed by atoms with Gasteiger partial charge in [0.25, 0.3) is 5.91 Å².